The van der Waals surface area contributed by atoms with Crippen molar-refractivity contribution in [2.45, 2.75) is 31.1 Å². The van der Waals surface area contributed by atoms with Crippen LogP contribution in [0.4, 0.5) is 19.0 Å². The maximum absolute atomic E-state index is 13.8. The molecule has 0 amide bonds. The first-order valence-corrected chi connectivity index (χ1v) is 10.4. The summed E-state index contributed by atoms with van der Waals surface area (Å²) in [5.74, 6) is 0.795. The SMILES string of the molecule is [C-]#[N+]c1cc2c(cn1)[C@@]13c4cc(C(F)(F)F)nn4-c4cccc([n+]41)C(C)(C)c1cccc-2[n+]13. The van der Waals surface area contributed by atoms with Crippen LogP contribution in [0, 0.1) is 6.57 Å². The molecule has 0 fully saturated rings. The molecule has 33 heavy (non-hydrogen) atoms. The lowest BCUT2D eigenvalue weighted by molar-refractivity contribution is -0.972. The standard InChI is InChI=1S/C24H15F3N6/c1-22(2)17-7-4-6-15-13-10-20(28-3)29-12-14(13)23(31(15)17)19-11-16(24(25,26)27)30-33(19)21-9-5-8-18(22)32(21)23/h4-12H,1-2H3/q+2/t23-/m0/s1. The molecule has 7 heterocycles. The van der Waals surface area contributed by atoms with E-state index < -0.39 is 22.9 Å². The monoisotopic (exact) mass is 444 g/mol. The van der Waals surface area contributed by atoms with E-state index in [0.29, 0.717) is 11.5 Å². The quantitative estimate of drug-likeness (QED) is 0.265. The summed E-state index contributed by atoms with van der Waals surface area (Å²) in [6.07, 6.45) is -2.95. The molecule has 3 aliphatic heterocycles. The van der Waals surface area contributed by atoms with Gasteiger partial charge in [0.25, 0.3) is 11.5 Å². The lowest BCUT2D eigenvalue weighted by atomic mass is 9.79. The van der Waals surface area contributed by atoms with E-state index in [1.54, 1.807) is 18.3 Å². The maximum atomic E-state index is 13.8. The molecule has 4 aromatic heterocycles. The number of fused-ring (bicyclic) bond motifs is 4. The zero-order valence-electron chi connectivity index (χ0n) is 17.5. The van der Waals surface area contributed by atoms with Crippen LogP contribution in [0.1, 0.15) is 42.2 Å². The second-order valence-electron chi connectivity index (χ2n) is 9.06. The summed E-state index contributed by atoms with van der Waals surface area (Å²) in [7, 11) is 0. The van der Waals surface area contributed by atoms with Crippen LogP contribution < -0.4 is 9.13 Å². The van der Waals surface area contributed by atoms with Gasteiger partial charge in [0.1, 0.15) is 22.9 Å². The van der Waals surface area contributed by atoms with Gasteiger partial charge in [-0.1, -0.05) is 22.4 Å². The van der Waals surface area contributed by atoms with Crippen molar-refractivity contribution in [3.8, 4) is 17.1 Å². The minimum Gasteiger partial charge on any atom is -0.361 e. The van der Waals surface area contributed by atoms with Gasteiger partial charge in [-0.05, 0) is 32.0 Å². The molecule has 0 unspecified atom stereocenters. The molecule has 0 N–H and O–H groups in total. The van der Waals surface area contributed by atoms with Gasteiger partial charge in [-0.25, -0.2) is 0 Å². The van der Waals surface area contributed by atoms with Crippen LogP contribution in [0.25, 0.3) is 21.9 Å². The fraction of sp³-hybridized carbons (Fsp3) is 0.208. The Hall–Kier alpha value is -4.06. The Balaban J connectivity index is 1.74. The van der Waals surface area contributed by atoms with E-state index in [0.717, 1.165) is 34.3 Å². The minimum atomic E-state index is -4.58. The fourth-order valence-corrected chi connectivity index (χ4v) is 5.82. The fourth-order valence-electron chi connectivity index (χ4n) is 5.82. The first-order chi connectivity index (χ1) is 15.7. The number of nitrogens with zero attached hydrogens (tertiary/aromatic N) is 6. The predicted octanol–water partition coefficient (Wildman–Crippen LogP) is 3.64. The largest absolute Gasteiger partial charge is 0.437 e. The zero-order valence-corrected chi connectivity index (χ0v) is 17.5. The van der Waals surface area contributed by atoms with Crippen molar-refractivity contribution in [2.75, 3.05) is 0 Å². The molecule has 7 rings (SSSR count). The van der Waals surface area contributed by atoms with Crippen LogP contribution in [-0.4, -0.2) is 14.8 Å². The number of alkyl halides is 3. The summed E-state index contributed by atoms with van der Waals surface area (Å²) >= 11 is 0. The number of hydrogen-bond donors (Lipinski definition) is 0. The Bertz CT molecular complexity index is 1610. The van der Waals surface area contributed by atoms with Crippen molar-refractivity contribution in [3.63, 3.8) is 0 Å². The molecule has 1 spiro atoms. The van der Waals surface area contributed by atoms with Crippen LogP contribution in [0.15, 0.2) is 54.7 Å². The van der Waals surface area contributed by atoms with Crippen LogP contribution in [0.5, 0.6) is 0 Å². The predicted molar refractivity (Wildman–Crippen MR) is 109 cm³/mol. The second kappa shape index (κ2) is 5.29. The summed E-state index contributed by atoms with van der Waals surface area (Å²) in [5.41, 5.74) is 2.16. The van der Waals surface area contributed by atoms with Gasteiger partial charge in [0.15, 0.2) is 5.69 Å². The molecule has 6 nitrogen and oxygen atoms in total. The molecular weight excluding hydrogens is 429 g/mol. The molecule has 4 aromatic rings. The highest BCUT2D eigenvalue weighted by Crippen LogP contribution is 2.50. The third kappa shape index (κ3) is 1.85. The molecule has 0 saturated heterocycles. The van der Waals surface area contributed by atoms with E-state index in [1.807, 2.05) is 30.3 Å². The number of hydrogen-bond acceptors (Lipinski definition) is 2. The lowest BCUT2D eigenvalue weighted by Gasteiger charge is -2.33. The van der Waals surface area contributed by atoms with Crippen molar-refractivity contribution in [1.82, 2.24) is 14.8 Å². The number of pyridine rings is 3. The molecule has 1 atom stereocenters. The van der Waals surface area contributed by atoms with Gasteiger partial charge in [0.05, 0.1) is 5.56 Å². The van der Waals surface area contributed by atoms with Crippen molar-refractivity contribution < 1.29 is 22.3 Å². The number of halogens is 3. The van der Waals surface area contributed by atoms with Gasteiger partial charge in [-0.3, -0.25) is 0 Å². The summed E-state index contributed by atoms with van der Waals surface area (Å²) < 4.78 is 46.9. The average molecular weight is 444 g/mol. The molecule has 160 valence electrons. The molecule has 0 radical (unpaired) electrons. The zero-order chi connectivity index (χ0) is 22.9. The Labute approximate surface area is 186 Å². The Morgan fingerprint density at radius 1 is 1.03 bits per heavy atom. The van der Waals surface area contributed by atoms with Gasteiger partial charge in [0.2, 0.25) is 11.4 Å². The van der Waals surface area contributed by atoms with Crippen LogP contribution in [-0.2, 0) is 17.3 Å². The first-order valence-electron chi connectivity index (χ1n) is 10.4. The van der Waals surface area contributed by atoms with Gasteiger partial charge < -0.3 is 4.85 Å². The molecular formula is C24H15F3N6+2. The van der Waals surface area contributed by atoms with E-state index in [2.05, 4.69) is 37.9 Å². The first kappa shape index (κ1) is 18.5. The van der Waals surface area contributed by atoms with Crippen molar-refractivity contribution in [2.24, 2.45) is 0 Å². The molecule has 0 aliphatic carbocycles. The molecule has 0 aromatic carbocycles. The smallest absolute Gasteiger partial charge is 0.361 e. The van der Waals surface area contributed by atoms with Crippen LogP contribution in [0.3, 0.4) is 0 Å². The van der Waals surface area contributed by atoms with Crippen molar-refractivity contribution in [1.29, 1.82) is 0 Å². The van der Waals surface area contributed by atoms with Crippen molar-refractivity contribution >= 4 is 5.82 Å². The Kier molecular flexibility index (Phi) is 2.96. The van der Waals surface area contributed by atoms with Gasteiger partial charge in [-0.2, -0.15) is 17.7 Å². The second-order valence-corrected chi connectivity index (χ2v) is 9.06. The third-order valence-electron chi connectivity index (χ3n) is 7.12. The van der Waals surface area contributed by atoms with Gasteiger partial charge in [-0.15, -0.1) is 9.55 Å². The molecule has 9 heteroatoms. The van der Waals surface area contributed by atoms with E-state index in [1.165, 1.54) is 4.68 Å². The van der Waals surface area contributed by atoms with Crippen LogP contribution >= 0.6 is 0 Å². The highest BCUT2D eigenvalue weighted by atomic mass is 19.4. The Morgan fingerprint density at radius 3 is 2.48 bits per heavy atom. The highest BCUT2D eigenvalue weighted by Gasteiger charge is 2.73. The average Bonchev–Trinajstić information content (AvgIpc) is 3.43. The topological polar surface area (TPSA) is 42.8 Å². The summed E-state index contributed by atoms with van der Waals surface area (Å²) in [6, 6.07) is 14.4. The van der Waals surface area contributed by atoms with Gasteiger partial charge >= 0.3 is 17.7 Å². The minimum absolute atomic E-state index is 0.238. The normalized spacial score (nSPS) is 20.0. The molecule has 0 saturated carbocycles. The molecule has 3 aliphatic rings. The summed E-state index contributed by atoms with van der Waals surface area (Å²) in [4.78, 5) is 7.81. The summed E-state index contributed by atoms with van der Waals surface area (Å²) in [5, 5.41) is 4.00. The Morgan fingerprint density at radius 2 is 1.76 bits per heavy atom. The van der Waals surface area contributed by atoms with E-state index >= 15 is 0 Å². The van der Waals surface area contributed by atoms with E-state index in [-0.39, 0.29) is 5.82 Å². The van der Waals surface area contributed by atoms with Crippen LogP contribution in [0.2, 0.25) is 0 Å². The highest BCUT2D eigenvalue weighted by molar-refractivity contribution is 5.70. The van der Waals surface area contributed by atoms with E-state index in [9.17, 15) is 13.2 Å². The number of rotatable bonds is 0. The van der Waals surface area contributed by atoms with Crippen molar-refractivity contribution in [3.05, 3.63) is 94.5 Å². The van der Waals surface area contributed by atoms with Gasteiger partial charge in [0, 0.05) is 24.3 Å². The molecule has 0 bridgehead atoms. The van der Waals surface area contributed by atoms with E-state index in [4.69, 9.17) is 6.57 Å². The lowest BCUT2D eigenvalue weighted by Crippen LogP contribution is -2.79. The third-order valence-corrected chi connectivity index (χ3v) is 7.12. The summed E-state index contributed by atoms with van der Waals surface area (Å²) in [6.45, 7) is 11.6. The number of aromatic nitrogens is 5. The maximum Gasteiger partial charge on any atom is 0.437 e.